The van der Waals surface area contributed by atoms with Gasteiger partial charge < -0.3 is 15.2 Å². The molecular formula is C9H21NO2. The van der Waals surface area contributed by atoms with Gasteiger partial charge in [0.25, 0.3) is 0 Å². The first kappa shape index (κ1) is 11.9. The number of rotatable bonds is 3. The van der Waals surface area contributed by atoms with Crippen LogP contribution in [0.5, 0.6) is 0 Å². The minimum Gasteiger partial charge on any atom is -0.395 e. The second-order valence-electron chi connectivity index (χ2n) is 2.75. The fraction of sp³-hybridized carbons (Fsp3) is 1.00. The zero-order valence-corrected chi connectivity index (χ0v) is 8.01. The van der Waals surface area contributed by atoms with Gasteiger partial charge in [-0.05, 0) is 25.8 Å². The molecule has 0 spiro atoms. The van der Waals surface area contributed by atoms with Crippen molar-refractivity contribution in [2.45, 2.75) is 26.2 Å². The number of likely N-dealkylation sites (N-methyl/N-ethyl adjacent to an activating group) is 1. The second-order valence-corrected chi connectivity index (χ2v) is 2.75. The zero-order chi connectivity index (χ0) is 9.07. The van der Waals surface area contributed by atoms with E-state index < -0.39 is 0 Å². The predicted molar refractivity (Wildman–Crippen MR) is 50.3 cm³/mol. The van der Waals surface area contributed by atoms with Crippen molar-refractivity contribution >= 4 is 0 Å². The van der Waals surface area contributed by atoms with Gasteiger partial charge in [0.05, 0.1) is 6.61 Å². The third-order valence-electron chi connectivity index (χ3n) is 1.62. The zero-order valence-electron chi connectivity index (χ0n) is 8.01. The van der Waals surface area contributed by atoms with E-state index in [-0.39, 0.29) is 6.61 Å². The molecule has 0 aromatic heterocycles. The van der Waals surface area contributed by atoms with Gasteiger partial charge >= 0.3 is 0 Å². The number of ether oxygens (including phenoxy) is 1. The Morgan fingerprint density at radius 2 is 1.92 bits per heavy atom. The maximum Gasteiger partial charge on any atom is 0.0555 e. The number of hydrogen-bond donors (Lipinski definition) is 2. The van der Waals surface area contributed by atoms with Crippen LogP contribution in [0.25, 0.3) is 0 Å². The molecule has 0 amide bonds. The Morgan fingerprint density at radius 1 is 1.25 bits per heavy atom. The molecule has 3 nitrogen and oxygen atoms in total. The number of nitrogens with one attached hydrogen (secondary N) is 1. The second kappa shape index (κ2) is 10.9. The van der Waals surface area contributed by atoms with Crippen molar-refractivity contribution in [2.75, 3.05) is 32.9 Å². The van der Waals surface area contributed by atoms with E-state index in [0.717, 1.165) is 26.3 Å². The van der Waals surface area contributed by atoms with Crippen molar-refractivity contribution < 1.29 is 9.84 Å². The minimum atomic E-state index is 0.244. The van der Waals surface area contributed by atoms with Crippen LogP contribution in [-0.2, 0) is 4.74 Å². The maximum absolute atomic E-state index is 8.13. The Hall–Kier alpha value is -0.120. The van der Waals surface area contributed by atoms with Gasteiger partial charge in [-0.25, -0.2) is 0 Å². The first-order chi connectivity index (χ1) is 5.91. The van der Waals surface area contributed by atoms with Crippen LogP contribution in [0.1, 0.15) is 26.2 Å². The number of aliphatic hydroxyl groups excluding tert-OH is 1. The third kappa shape index (κ3) is 9.88. The van der Waals surface area contributed by atoms with Crippen LogP contribution in [0, 0.1) is 0 Å². The van der Waals surface area contributed by atoms with E-state index in [1.807, 2.05) is 6.92 Å². The summed E-state index contributed by atoms with van der Waals surface area (Å²) in [7, 11) is 0. The molecule has 1 aliphatic rings. The first-order valence-corrected chi connectivity index (χ1v) is 4.81. The van der Waals surface area contributed by atoms with Crippen molar-refractivity contribution in [1.29, 1.82) is 0 Å². The summed E-state index contributed by atoms with van der Waals surface area (Å²) in [5.74, 6) is 0. The van der Waals surface area contributed by atoms with Crippen LogP contribution < -0.4 is 5.32 Å². The lowest BCUT2D eigenvalue weighted by atomic mass is 10.2. The molecule has 0 radical (unpaired) electrons. The molecule has 0 aromatic carbocycles. The van der Waals surface area contributed by atoms with Crippen LogP contribution in [0.3, 0.4) is 0 Å². The Morgan fingerprint density at radius 3 is 2.08 bits per heavy atom. The number of hydrogen-bond acceptors (Lipinski definition) is 3. The molecule has 0 bridgehead atoms. The summed E-state index contributed by atoms with van der Waals surface area (Å²) in [6, 6.07) is 0. The Balaban J connectivity index is 0.000000202. The molecule has 0 atom stereocenters. The third-order valence-corrected chi connectivity index (χ3v) is 1.62. The SMILES string of the molecule is C1CCOCC1.CCNCCO. The van der Waals surface area contributed by atoms with Crippen molar-refractivity contribution in [3.05, 3.63) is 0 Å². The monoisotopic (exact) mass is 175 g/mol. The lowest BCUT2D eigenvalue weighted by molar-refractivity contribution is 0.0968. The highest BCUT2D eigenvalue weighted by atomic mass is 16.5. The van der Waals surface area contributed by atoms with Gasteiger partial charge in [-0.3, -0.25) is 0 Å². The van der Waals surface area contributed by atoms with Gasteiger partial charge in [-0.15, -0.1) is 0 Å². The molecule has 0 unspecified atom stereocenters. The van der Waals surface area contributed by atoms with E-state index in [4.69, 9.17) is 9.84 Å². The highest BCUT2D eigenvalue weighted by Crippen LogP contribution is 2.02. The Labute approximate surface area is 75.1 Å². The lowest BCUT2D eigenvalue weighted by Gasteiger charge is -2.08. The maximum atomic E-state index is 8.13. The summed E-state index contributed by atoms with van der Waals surface area (Å²) in [5.41, 5.74) is 0. The van der Waals surface area contributed by atoms with Gasteiger partial charge in [0.1, 0.15) is 0 Å². The van der Waals surface area contributed by atoms with E-state index in [2.05, 4.69) is 5.32 Å². The van der Waals surface area contributed by atoms with E-state index >= 15 is 0 Å². The highest BCUT2D eigenvalue weighted by Gasteiger charge is 1.94. The van der Waals surface area contributed by atoms with Crippen molar-refractivity contribution in [1.82, 2.24) is 5.32 Å². The molecule has 0 saturated carbocycles. The molecule has 2 N–H and O–H groups in total. The summed E-state index contributed by atoms with van der Waals surface area (Å²) in [6.07, 6.45) is 3.93. The van der Waals surface area contributed by atoms with Gasteiger partial charge in [0.15, 0.2) is 0 Å². The standard InChI is InChI=1S/C5H10O.C4H11NO/c1-2-4-6-5-3-1;1-2-5-3-4-6/h1-5H2;5-6H,2-4H2,1H3. The van der Waals surface area contributed by atoms with Gasteiger partial charge in [-0.1, -0.05) is 6.92 Å². The number of aliphatic hydroxyl groups is 1. The molecule has 1 heterocycles. The molecule has 1 saturated heterocycles. The van der Waals surface area contributed by atoms with Crippen LogP contribution in [0.4, 0.5) is 0 Å². The lowest BCUT2D eigenvalue weighted by Crippen LogP contribution is -2.16. The molecular weight excluding hydrogens is 154 g/mol. The van der Waals surface area contributed by atoms with E-state index in [1.165, 1.54) is 19.3 Å². The molecule has 1 fully saturated rings. The summed E-state index contributed by atoms with van der Waals surface area (Å²) in [5, 5.41) is 11.1. The normalized spacial score (nSPS) is 16.5. The van der Waals surface area contributed by atoms with Gasteiger partial charge in [0.2, 0.25) is 0 Å². The highest BCUT2D eigenvalue weighted by molar-refractivity contribution is 4.45. The van der Waals surface area contributed by atoms with Crippen LogP contribution >= 0.6 is 0 Å². The topological polar surface area (TPSA) is 41.5 Å². The molecule has 3 heteroatoms. The fourth-order valence-electron chi connectivity index (χ4n) is 0.943. The molecule has 1 aliphatic heterocycles. The molecule has 0 aliphatic carbocycles. The van der Waals surface area contributed by atoms with Crippen molar-refractivity contribution in [2.24, 2.45) is 0 Å². The fourth-order valence-corrected chi connectivity index (χ4v) is 0.943. The first-order valence-electron chi connectivity index (χ1n) is 4.81. The van der Waals surface area contributed by atoms with Crippen LogP contribution in [0.15, 0.2) is 0 Å². The summed E-state index contributed by atoms with van der Waals surface area (Å²) in [4.78, 5) is 0. The van der Waals surface area contributed by atoms with Gasteiger partial charge in [-0.2, -0.15) is 0 Å². The summed E-state index contributed by atoms with van der Waals surface area (Å²) < 4.78 is 5.07. The average molecular weight is 175 g/mol. The summed E-state index contributed by atoms with van der Waals surface area (Å²) >= 11 is 0. The smallest absolute Gasteiger partial charge is 0.0555 e. The van der Waals surface area contributed by atoms with Crippen molar-refractivity contribution in [3.63, 3.8) is 0 Å². The summed E-state index contributed by atoms with van der Waals surface area (Å²) in [6.45, 7) is 5.92. The molecule has 1 rings (SSSR count). The average Bonchev–Trinajstić information content (AvgIpc) is 2.18. The van der Waals surface area contributed by atoms with Gasteiger partial charge in [0, 0.05) is 19.8 Å². The quantitative estimate of drug-likeness (QED) is 0.623. The predicted octanol–water partition coefficient (Wildman–Crippen LogP) is 0.775. The van der Waals surface area contributed by atoms with Crippen LogP contribution in [-0.4, -0.2) is 38.0 Å². The molecule has 74 valence electrons. The van der Waals surface area contributed by atoms with E-state index in [9.17, 15) is 0 Å². The molecule has 12 heavy (non-hydrogen) atoms. The molecule has 0 aromatic rings. The largest absolute Gasteiger partial charge is 0.395 e. The Bertz CT molecular complexity index is 59.4. The van der Waals surface area contributed by atoms with E-state index in [0.29, 0.717) is 0 Å². The van der Waals surface area contributed by atoms with Crippen LogP contribution in [0.2, 0.25) is 0 Å². The Kier molecular flexibility index (Phi) is 10.8. The van der Waals surface area contributed by atoms with Crippen molar-refractivity contribution in [3.8, 4) is 0 Å². The van der Waals surface area contributed by atoms with E-state index in [1.54, 1.807) is 0 Å². The minimum absolute atomic E-state index is 0.244.